The van der Waals surface area contributed by atoms with E-state index < -0.39 is 0 Å². The van der Waals surface area contributed by atoms with Crippen molar-refractivity contribution in [2.24, 2.45) is 7.05 Å². The van der Waals surface area contributed by atoms with Crippen LogP contribution in [0.1, 0.15) is 16.1 Å². The Hall–Kier alpha value is -3.00. The van der Waals surface area contributed by atoms with Gasteiger partial charge in [-0.05, 0) is 11.6 Å². The number of benzene rings is 1. The second-order valence-electron chi connectivity index (χ2n) is 6.51. The number of aromatic nitrogens is 2. The van der Waals surface area contributed by atoms with E-state index in [4.69, 9.17) is 0 Å². The van der Waals surface area contributed by atoms with E-state index in [1.807, 2.05) is 35.2 Å². The van der Waals surface area contributed by atoms with Crippen LogP contribution in [0.25, 0.3) is 0 Å². The molecule has 1 aliphatic rings. The number of carbonyl (C=O) groups is 2. The first-order valence-corrected chi connectivity index (χ1v) is 8.89. The summed E-state index contributed by atoms with van der Waals surface area (Å²) in [7, 11) is 1.52. The van der Waals surface area contributed by atoms with Crippen LogP contribution in [0.4, 0.5) is 0 Å². The first-order chi connectivity index (χ1) is 13.0. The summed E-state index contributed by atoms with van der Waals surface area (Å²) in [5.74, 6) is -0.225. The van der Waals surface area contributed by atoms with Crippen LogP contribution in [0.2, 0.25) is 0 Å². The van der Waals surface area contributed by atoms with E-state index in [1.54, 1.807) is 4.90 Å². The van der Waals surface area contributed by atoms with Gasteiger partial charge in [0.2, 0.25) is 5.91 Å². The molecule has 1 fully saturated rings. The Morgan fingerprint density at radius 1 is 1.04 bits per heavy atom. The fourth-order valence-electron chi connectivity index (χ4n) is 2.94. The van der Waals surface area contributed by atoms with Gasteiger partial charge in [-0.2, -0.15) is 5.10 Å². The van der Waals surface area contributed by atoms with Crippen LogP contribution in [0.5, 0.6) is 0 Å². The fraction of sp³-hybridized carbons (Fsp3) is 0.368. The predicted molar refractivity (Wildman–Crippen MR) is 100 cm³/mol. The lowest BCUT2D eigenvalue weighted by Gasteiger charge is -2.34. The molecule has 0 spiro atoms. The summed E-state index contributed by atoms with van der Waals surface area (Å²) in [6.45, 7) is 3.11. The van der Waals surface area contributed by atoms with Crippen LogP contribution in [0.3, 0.4) is 0 Å². The highest BCUT2D eigenvalue weighted by Gasteiger charge is 2.24. The number of nitrogens with zero attached hydrogens (tertiary/aromatic N) is 4. The van der Waals surface area contributed by atoms with Crippen LogP contribution in [-0.2, 0) is 18.4 Å². The van der Waals surface area contributed by atoms with Crippen molar-refractivity contribution in [3.8, 4) is 0 Å². The van der Waals surface area contributed by atoms with E-state index in [9.17, 15) is 14.4 Å². The Morgan fingerprint density at radius 3 is 2.41 bits per heavy atom. The van der Waals surface area contributed by atoms with Gasteiger partial charge in [0.05, 0.1) is 6.54 Å². The molecule has 1 aliphatic heterocycles. The number of amides is 2. The van der Waals surface area contributed by atoms with E-state index in [0.717, 1.165) is 10.2 Å². The summed E-state index contributed by atoms with van der Waals surface area (Å²) in [4.78, 5) is 39.7. The summed E-state index contributed by atoms with van der Waals surface area (Å²) < 4.78 is 1.15. The van der Waals surface area contributed by atoms with Crippen molar-refractivity contribution in [1.82, 2.24) is 24.9 Å². The molecule has 0 bridgehead atoms. The summed E-state index contributed by atoms with van der Waals surface area (Å²) in [6, 6.07) is 12.6. The third-order valence-corrected chi connectivity index (χ3v) is 4.54. The minimum atomic E-state index is -0.252. The maximum atomic E-state index is 12.5. The van der Waals surface area contributed by atoms with Gasteiger partial charge >= 0.3 is 0 Å². The lowest BCUT2D eigenvalue weighted by Crippen LogP contribution is -2.51. The van der Waals surface area contributed by atoms with Gasteiger partial charge in [0.15, 0.2) is 0 Å². The molecule has 1 aromatic heterocycles. The molecule has 3 rings (SSSR count). The average molecular weight is 369 g/mol. The highest BCUT2D eigenvalue weighted by molar-refractivity contribution is 5.92. The molecular formula is C19H23N5O3. The number of piperazine rings is 1. The van der Waals surface area contributed by atoms with Gasteiger partial charge in [0.1, 0.15) is 5.69 Å². The Kier molecular flexibility index (Phi) is 5.97. The largest absolute Gasteiger partial charge is 0.351 e. The highest BCUT2D eigenvalue weighted by Crippen LogP contribution is 2.06. The molecule has 0 saturated carbocycles. The van der Waals surface area contributed by atoms with Crippen molar-refractivity contribution in [3.63, 3.8) is 0 Å². The van der Waals surface area contributed by atoms with Crippen LogP contribution in [0, 0.1) is 0 Å². The minimum Gasteiger partial charge on any atom is -0.351 e. The van der Waals surface area contributed by atoms with Crippen LogP contribution >= 0.6 is 0 Å². The van der Waals surface area contributed by atoms with E-state index in [2.05, 4.69) is 10.4 Å². The van der Waals surface area contributed by atoms with Gasteiger partial charge in [-0.25, -0.2) is 4.68 Å². The molecule has 142 valence electrons. The molecule has 0 aliphatic carbocycles. The number of rotatable bonds is 5. The summed E-state index contributed by atoms with van der Waals surface area (Å²) in [6.07, 6.45) is 0. The van der Waals surface area contributed by atoms with Gasteiger partial charge in [0.25, 0.3) is 11.5 Å². The Morgan fingerprint density at radius 2 is 1.74 bits per heavy atom. The first-order valence-electron chi connectivity index (χ1n) is 8.89. The molecule has 0 radical (unpaired) electrons. The van der Waals surface area contributed by atoms with Crippen molar-refractivity contribution < 1.29 is 9.59 Å². The number of nitrogens with one attached hydrogen (secondary N) is 1. The Labute approximate surface area is 157 Å². The predicted octanol–water partition coefficient (Wildman–Crippen LogP) is -0.145. The van der Waals surface area contributed by atoms with E-state index in [0.29, 0.717) is 39.3 Å². The Balaban J connectivity index is 1.45. The van der Waals surface area contributed by atoms with E-state index in [-0.39, 0.29) is 23.1 Å². The van der Waals surface area contributed by atoms with Crippen molar-refractivity contribution in [2.45, 2.75) is 6.54 Å². The lowest BCUT2D eigenvalue weighted by molar-refractivity contribution is -0.122. The monoisotopic (exact) mass is 369 g/mol. The van der Waals surface area contributed by atoms with Crippen LogP contribution < -0.4 is 10.9 Å². The van der Waals surface area contributed by atoms with Crippen LogP contribution in [-0.4, -0.2) is 64.1 Å². The SMILES string of the molecule is Cn1nc(C(=O)N2CCN(CC(=O)NCc3ccccc3)CC2)ccc1=O. The van der Waals surface area contributed by atoms with Crippen LogP contribution in [0.15, 0.2) is 47.3 Å². The van der Waals surface area contributed by atoms with Crippen molar-refractivity contribution in [3.05, 3.63) is 64.1 Å². The maximum Gasteiger partial charge on any atom is 0.274 e. The van der Waals surface area contributed by atoms with E-state index >= 15 is 0 Å². The third-order valence-electron chi connectivity index (χ3n) is 4.54. The fourth-order valence-corrected chi connectivity index (χ4v) is 2.94. The van der Waals surface area contributed by atoms with Gasteiger partial charge < -0.3 is 10.2 Å². The van der Waals surface area contributed by atoms with Crippen molar-refractivity contribution in [2.75, 3.05) is 32.7 Å². The molecule has 2 aromatic rings. The lowest BCUT2D eigenvalue weighted by atomic mass is 10.2. The van der Waals surface area contributed by atoms with Gasteiger partial charge in [-0.3, -0.25) is 19.3 Å². The molecule has 2 heterocycles. The molecule has 8 heteroatoms. The van der Waals surface area contributed by atoms with Gasteiger partial charge in [-0.1, -0.05) is 30.3 Å². The first kappa shape index (κ1) is 18.8. The second-order valence-corrected chi connectivity index (χ2v) is 6.51. The van der Waals surface area contributed by atoms with Crippen molar-refractivity contribution in [1.29, 1.82) is 0 Å². The maximum absolute atomic E-state index is 12.5. The Bertz CT molecular complexity index is 857. The molecule has 0 unspecified atom stereocenters. The quantitative estimate of drug-likeness (QED) is 0.792. The third kappa shape index (κ3) is 5.01. The van der Waals surface area contributed by atoms with Gasteiger partial charge in [0, 0.05) is 45.8 Å². The second kappa shape index (κ2) is 8.59. The number of carbonyl (C=O) groups excluding carboxylic acids is 2. The van der Waals surface area contributed by atoms with E-state index in [1.165, 1.54) is 19.2 Å². The molecule has 8 nitrogen and oxygen atoms in total. The zero-order valence-corrected chi connectivity index (χ0v) is 15.3. The van der Waals surface area contributed by atoms with Crippen molar-refractivity contribution >= 4 is 11.8 Å². The number of hydrogen-bond acceptors (Lipinski definition) is 5. The zero-order valence-electron chi connectivity index (χ0n) is 15.3. The smallest absolute Gasteiger partial charge is 0.274 e. The topological polar surface area (TPSA) is 87.5 Å². The highest BCUT2D eigenvalue weighted by atomic mass is 16.2. The molecule has 0 atom stereocenters. The molecule has 1 N–H and O–H groups in total. The molecule has 27 heavy (non-hydrogen) atoms. The number of hydrogen-bond donors (Lipinski definition) is 1. The zero-order chi connectivity index (χ0) is 19.2. The average Bonchev–Trinajstić information content (AvgIpc) is 2.69. The minimum absolute atomic E-state index is 0.0293. The summed E-state index contributed by atoms with van der Waals surface area (Å²) in [5.41, 5.74) is 1.06. The molecule has 1 aromatic carbocycles. The summed E-state index contributed by atoms with van der Waals surface area (Å²) >= 11 is 0. The molecular weight excluding hydrogens is 346 g/mol. The molecule has 1 saturated heterocycles. The number of aryl methyl sites for hydroxylation is 1. The standard InChI is InChI=1S/C19H23N5O3/c1-22-18(26)8-7-16(21-22)19(27)24-11-9-23(10-12-24)14-17(25)20-13-15-5-3-2-4-6-15/h2-8H,9-14H2,1H3,(H,20,25). The molecule has 2 amide bonds. The van der Waals surface area contributed by atoms with Gasteiger partial charge in [-0.15, -0.1) is 0 Å². The summed E-state index contributed by atoms with van der Waals surface area (Å²) in [5, 5.41) is 6.92. The normalized spacial score (nSPS) is 14.8.